The van der Waals surface area contributed by atoms with E-state index in [0.29, 0.717) is 0 Å². The van der Waals surface area contributed by atoms with Gasteiger partial charge in [0.2, 0.25) is 15.9 Å². The van der Waals surface area contributed by atoms with Gasteiger partial charge in [0.15, 0.2) is 0 Å². The number of hydrogen-bond donors (Lipinski definition) is 2. The predicted molar refractivity (Wildman–Crippen MR) is 126 cm³/mol. The number of primary sulfonamides is 1. The van der Waals surface area contributed by atoms with Crippen molar-refractivity contribution < 1.29 is 39.6 Å². The molecule has 1 amide bonds. The first kappa shape index (κ1) is 27.7. The molecular formula is C25H18F6N2O3S. The number of benzene rings is 3. The lowest BCUT2D eigenvalue weighted by molar-refractivity contribution is -0.138. The molecule has 0 aromatic heterocycles. The fourth-order valence-corrected chi connectivity index (χ4v) is 3.95. The predicted octanol–water partition coefficient (Wildman–Crippen LogP) is 6.00. The maximum atomic E-state index is 13.0. The Hall–Kier alpha value is -3.90. The molecule has 0 fully saturated rings. The van der Waals surface area contributed by atoms with Gasteiger partial charge in [0.1, 0.15) is 4.90 Å². The molecule has 3 aromatic carbocycles. The Kier molecular flexibility index (Phi) is 7.94. The molecule has 0 aliphatic rings. The number of nitrogens with two attached hydrogens (primary N) is 1. The van der Waals surface area contributed by atoms with Crippen molar-refractivity contribution in [2.45, 2.75) is 17.2 Å². The summed E-state index contributed by atoms with van der Waals surface area (Å²) in [5.74, 6) is -0.758. The van der Waals surface area contributed by atoms with E-state index in [1.165, 1.54) is 36.4 Å². The van der Waals surface area contributed by atoms with Crippen LogP contribution in [0.15, 0.2) is 95.9 Å². The average Bonchev–Trinajstić information content (AvgIpc) is 2.81. The number of allylic oxidation sites excluding steroid dienone is 2. The number of amides is 1. The molecule has 0 saturated heterocycles. The van der Waals surface area contributed by atoms with Crippen molar-refractivity contribution >= 4 is 27.2 Å². The third kappa shape index (κ3) is 7.30. The molecule has 3 rings (SSSR count). The third-order valence-electron chi connectivity index (χ3n) is 5.01. The number of rotatable bonds is 6. The first-order valence-electron chi connectivity index (χ1n) is 10.3. The van der Waals surface area contributed by atoms with E-state index in [1.807, 2.05) is 0 Å². The monoisotopic (exact) mass is 540 g/mol. The van der Waals surface area contributed by atoms with Gasteiger partial charge >= 0.3 is 12.4 Å². The number of alkyl halides is 6. The molecule has 0 unspecified atom stereocenters. The normalized spacial score (nSPS) is 12.4. The standard InChI is InChI=1S/C25H18F6N2O3S/c26-24(27,28)18-12-8-16(9-13-18)20(17-10-14-19(15-11-17)25(29,30)31)4-3-7-23(34)33-21-5-1-2-6-22(21)37(32,35)36/h1-15H,(H,33,34)(H2,32,35,36)/b7-3+. The zero-order valence-electron chi connectivity index (χ0n) is 18.6. The van der Waals surface area contributed by atoms with Crippen LogP contribution in [0.3, 0.4) is 0 Å². The Labute approximate surface area is 208 Å². The van der Waals surface area contributed by atoms with Gasteiger partial charge in [-0.25, -0.2) is 13.6 Å². The highest BCUT2D eigenvalue weighted by molar-refractivity contribution is 7.89. The molecule has 12 heteroatoms. The molecule has 0 aliphatic heterocycles. The number of anilines is 1. The number of hydrogen-bond acceptors (Lipinski definition) is 3. The van der Waals surface area contributed by atoms with E-state index in [-0.39, 0.29) is 27.3 Å². The topological polar surface area (TPSA) is 89.3 Å². The molecule has 194 valence electrons. The number of carbonyl (C=O) groups excluding carboxylic acids is 1. The fraction of sp³-hybridized carbons (Fsp3) is 0.0800. The Bertz CT molecular complexity index is 1380. The maximum Gasteiger partial charge on any atom is 0.416 e. The van der Waals surface area contributed by atoms with Crippen molar-refractivity contribution in [2.75, 3.05) is 5.32 Å². The molecule has 5 nitrogen and oxygen atoms in total. The highest BCUT2D eigenvalue weighted by Crippen LogP contribution is 2.33. The van der Waals surface area contributed by atoms with Crippen LogP contribution in [0.4, 0.5) is 32.0 Å². The average molecular weight is 540 g/mol. The van der Waals surface area contributed by atoms with Crippen LogP contribution in [0.5, 0.6) is 0 Å². The summed E-state index contributed by atoms with van der Waals surface area (Å²) in [5, 5.41) is 7.48. The zero-order chi connectivity index (χ0) is 27.4. The molecule has 0 heterocycles. The lowest BCUT2D eigenvalue weighted by atomic mass is 9.95. The van der Waals surface area contributed by atoms with Crippen molar-refractivity contribution in [1.29, 1.82) is 0 Å². The molecular weight excluding hydrogens is 522 g/mol. The highest BCUT2D eigenvalue weighted by atomic mass is 32.2. The molecule has 3 aromatic rings. The first-order chi connectivity index (χ1) is 17.2. The molecule has 0 bridgehead atoms. The molecule has 0 radical (unpaired) electrons. The van der Waals surface area contributed by atoms with E-state index in [9.17, 15) is 39.6 Å². The largest absolute Gasteiger partial charge is 0.416 e. The first-order valence-corrected chi connectivity index (χ1v) is 11.9. The second kappa shape index (κ2) is 10.6. The summed E-state index contributed by atoms with van der Waals surface area (Å²) < 4.78 is 101. The maximum absolute atomic E-state index is 13.0. The number of para-hydroxylation sites is 1. The Morgan fingerprint density at radius 3 is 1.65 bits per heavy atom. The van der Waals surface area contributed by atoms with Gasteiger partial charge in [-0.2, -0.15) is 26.3 Å². The van der Waals surface area contributed by atoms with E-state index >= 15 is 0 Å². The second-order valence-corrected chi connectivity index (χ2v) is 9.15. The molecule has 0 aliphatic carbocycles. The molecule has 0 atom stereocenters. The second-order valence-electron chi connectivity index (χ2n) is 7.62. The van der Waals surface area contributed by atoms with Crippen LogP contribution in [0, 0.1) is 0 Å². The molecule has 3 N–H and O–H groups in total. The quantitative estimate of drug-likeness (QED) is 0.228. The lowest BCUT2D eigenvalue weighted by Crippen LogP contribution is -2.17. The molecule has 0 spiro atoms. The van der Waals surface area contributed by atoms with Crippen molar-refractivity contribution in [1.82, 2.24) is 0 Å². The van der Waals surface area contributed by atoms with E-state index in [0.717, 1.165) is 54.6 Å². The number of carbonyl (C=O) groups is 1. The molecule has 37 heavy (non-hydrogen) atoms. The summed E-state index contributed by atoms with van der Waals surface area (Å²) in [7, 11) is -4.12. The van der Waals surface area contributed by atoms with Gasteiger partial charge in [0.25, 0.3) is 0 Å². The van der Waals surface area contributed by atoms with Gasteiger partial charge in [-0.3, -0.25) is 4.79 Å². The van der Waals surface area contributed by atoms with Crippen LogP contribution < -0.4 is 10.5 Å². The van der Waals surface area contributed by atoms with Gasteiger partial charge in [-0.15, -0.1) is 0 Å². The summed E-state index contributed by atoms with van der Waals surface area (Å²) in [6, 6.07) is 13.3. The van der Waals surface area contributed by atoms with Gasteiger partial charge < -0.3 is 5.32 Å². The van der Waals surface area contributed by atoms with Crippen molar-refractivity contribution in [3.8, 4) is 0 Å². The highest BCUT2D eigenvalue weighted by Gasteiger charge is 2.31. The summed E-state index contributed by atoms with van der Waals surface area (Å²) in [6.07, 6.45) is -5.60. The smallest absolute Gasteiger partial charge is 0.321 e. The lowest BCUT2D eigenvalue weighted by Gasteiger charge is -2.12. The summed E-state index contributed by atoms with van der Waals surface area (Å²) in [4.78, 5) is 12.0. The van der Waals surface area contributed by atoms with Crippen LogP contribution in [0.1, 0.15) is 22.3 Å². The third-order valence-corrected chi connectivity index (χ3v) is 5.98. The minimum atomic E-state index is -4.58. The number of sulfonamides is 1. The van der Waals surface area contributed by atoms with Crippen LogP contribution in [-0.2, 0) is 27.2 Å². The minimum absolute atomic E-state index is 0.0747. The fourth-order valence-electron chi connectivity index (χ4n) is 3.26. The SMILES string of the molecule is NS(=O)(=O)c1ccccc1NC(=O)/C=C/C=C(c1ccc(C(F)(F)F)cc1)c1ccc(C(F)(F)F)cc1. The Morgan fingerprint density at radius 1 is 0.757 bits per heavy atom. The zero-order valence-corrected chi connectivity index (χ0v) is 19.5. The van der Waals surface area contributed by atoms with Gasteiger partial charge in [0.05, 0.1) is 16.8 Å². The van der Waals surface area contributed by atoms with E-state index < -0.39 is 39.4 Å². The minimum Gasteiger partial charge on any atom is -0.321 e. The number of halogens is 6. The van der Waals surface area contributed by atoms with Gasteiger partial charge in [0, 0.05) is 6.08 Å². The van der Waals surface area contributed by atoms with Crippen molar-refractivity contribution in [3.63, 3.8) is 0 Å². The van der Waals surface area contributed by atoms with Gasteiger partial charge in [-0.05, 0) is 53.1 Å². The number of nitrogens with one attached hydrogen (secondary N) is 1. The van der Waals surface area contributed by atoms with Crippen LogP contribution in [0.25, 0.3) is 5.57 Å². The molecule has 0 saturated carbocycles. The van der Waals surface area contributed by atoms with Crippen molar-refractivity contribution in [3.05, 3.63) is 113 Å². The van der Waals surface area contributed by atoms with Gasteiger partial charge in [-0.1, -0.05) is 48.6 Å². The van der Waals surface area contributed by atoms with E-state index in [1.54, 1.807) is 0 Å². The summed E-state index contributed by atoms with van der Waals surface area (Å²) in [5.41, 5.74) is -1.17. The van der Waals surface area contributed by atoms with Crippen LogP contribution in [-0.4, -0.2) is 14.3 Å². The summed E-state index contributed by atoms with van der Waals surface area (Å²) in [6.45, 7) is 0. The van der Waals surface area contributed by atoms with E-state index in [4.69, 9.17) is 5.14 Å². The Balaban J connectivity index is 1.94. The summed E-state index contributed by atoms with van der Waals surface area (Å²) >= 11 is 0. The van der Waals surface area contributed by atoms with Crippen LogP contribution in [0.2, 0.25) is 0 Å². The van der Waals surface area contributed by atoms with Crippen molar-refractivity contribution in [2.24, 2.45) is 5.14 Å². The Morgan fingerprint density at radius 2 is 1.22 bits per heavy atom. The van der Waals surface area contributed by atoms with Crippen LogP contribution >= 0.6 is 0 Å². The van der Waals surface area contributed by atoms with E-state index in [2.05, 4.69) is 5.32 Å².